The number of carbonyl (C=O) groups excluding carboxylic acids is 1. The highest BCUT2D eigenvalue weighted by atomic mass is 16.3. The van der Waals surface area contributed by atoms with Crippen LogP contribution < -0.4 is 5.32 Å². The molecule has 2 aromatic rings. The van der Waals surface area contributed by atoms with Crippen LogP contribution in [0.2, 0.25) is 0 Å². The Morgan fingerprint density at radius 3 is 2.73 bits per heavy atom. The summed E-state index contributed by atoms with van der Waals surface area (Å²) in [7, 11) is 1.78. The number of nitrogens with zero attached hydrogens (tertiary/aromatic N) is 1. The number of nitrogens with one attached hydrogen (secondary N) is 1. The lowest BCUT2D eigenvalue weighted by Crippen LogP contribution is -2.37. The van der Waals surface area contributed by atoms with Crippen LogP contribution in [-0.2, 0) is 0 Å². The Morgan fingerprint density at radius 2 is 2.00 bits per heavy atom. The average molecular weight is 298 g/mol. The summed E-state index contributed by atoms with van der Waals surface area (Å²) in [5, 5.41) is 15.1. The summed E-state index contributed by atoms with van der Waals surface area (Å²) >= 11 is 0. The number of carbonyl (C=O) groups is 1. The van der Waals surface area contributed by atoms with Gasteiger partial charge in [-0.3, -0.25) is 0 Å². The number of anilines is 1. The number of hydrogen-bond acceptors (Lipinski definition) is 2. The van der Waals surface area contributed by atoms with Gasteiger partial charge in [-0.15, -0.1) is 0 Å². The minimum atomic E-state index is -0.268. The van der Waals surface area contributed by atoms with E-state index in [0.29, 0.717) is 6.54 Å². The van der Waals surface area contributed by atoms with Gasteiger partial charge >= 0.3 is 6.03 Å². The predicted molar refractivity (Wildman–Crippen MR) is 88.9 cm³/mol. The molecule has 116 valence electrons. The van der Waals surface area contributed by atoms with Crippen LogP contribution in [0.5, 0.6) is 0 Å². The summed E-state index contributed by atoms with van der Waals surface area (Å²) in [5.74, 6) is 0.201. The number of amides is 2. The number of rotatable bonds is 3. The second-order valence-corrected chi connectivity index (χ2v) is 6.13. The van der Waals surface area contributed by atoms with Crippen LogP contribution in [-0.4, -0.2) is 35.7 Å². The summed E-state index contributed by atoms with van der Waals surface area (Å²) in [4.78, 5) is 13.9. The molecule has 2 N–H and O–H groups in total. The van der Waals surface area contributed by atoms with E-state index in [-0.39, 0.29) is 18.1 Å². The number of urea groups is 1. The number of fused-ring (bicyclic) bond motifs is 1. The van der Waals surface area contributed by atoms with E-state index in [1.165, 1.54) is 0 Å². The zero-order valence-corrected chi connectivity index (χ0v) is 12.8. The molecule has 2 atom stereocenters. The van der Waals surface area contributed by atoms with Crippen LogP contribution in [0.3, 0.4) is 0 Å². The molecule has 1 aliphatic carbocycles. The molecule has 1 aliphatic rings. The third-order valence-corrected chi connectivity index (χ3v) is 4.47. The van der Waals surface area contributed by atoms with E-state index in [1.807, 2.05) is 36.4 Å². The van der Waals surface area contributed by atoms with Crippen LogP contribution in [0.1, 0.15) is 19.3 Å². The molecule has 1 saturated carbocycles. The normalized spacial score (nSPS) is 21.0. The molecular formula is C18H22N2O2. The lowest BCUT2D eigenvalue weighted by molar-refractivity contribution is 0.116. The molecule has 4 nitrogen and oxygen atoms in total. The van der Waals surface area contributed by atoms with Crippen molar-refractivity contribution in [3.63, 3.8) is 0 Å². The van der Waals surface area contributed by atoms with Gasteiger partial charge in [0.05, 0.1) is 6.10 Å². The molecule has 3 rings (SSSR count). The van der Waals surface area contributed by atoms with Crippen molar-refractivity contribution >= 4 is 22.5 Å². The fourth-order valence-electron chi connectivity index (χ4n) is 3.15. The first-order chi connectivity index (χ1) is 10.6. The molecule has 2 aromatic carbocycles. The second kappa shape index (κ2) is 6.36. The molecule has 0 aliphatic heterocycles. The first-order valence-corrected chi connectivity index (χ1v) is 7.82. The highest BCUT2D eigenvalue weighted by Gasteiger charge is 2.27. The van der Waals surface area contributed by atoms with Crippen LogP contribution in [0, 0.1) is 5.92 Å². The van der Waals surface area contributed by atoms with Crippen LogP contribution >= 0.6 is 0 Å². The molecule has 1 fully saturated rings. The zero-order chi connectivity index (χ0) is 15.5. The smallest absolute Gasteiger partial charge is 0.321 e. The van der Waals surface area contributed by atoms with E-state index in [9.17, 15) is 9.90 Å². The molecule has 0 heterocycles. The Hall–Kier alpha value is -2.07. The molecule has 4 heteroatoms. The van der Waals surface area contributed by atoms with Crippen molar-refractivity contribution in [1.82, 2.24) is 4.90 Å². The van der Waals surface area contributed by atoms with E-state index in [0.717, 1.165) is 35.7 Å². The van der Waals surface area contributed by atoms with Gasteiger partial charge < -0.3 is 15.3 Å². The Morgan fingerprint density at radius 1 is 1.23 bits per heavy atom. The minimum Gasteiger partial charge on any atom is -0.393 e. The minimum absolute atomic E-state index is 0.130. The van der Waals surface area contributed by atoms with Crippen LogP contribution in [0.25, 0.3) is 10.8 Å². The van der Waals surface area contributed by atoms with Gasteiger partial charge in [0.25, 0.3) is 0 Å². The number of aliphatic hydroxyl groups excluding tert-OH is 1. The third-order valence-electron chi connectivity index (χ3n) is 4.47. The maximum atomic E-state index is 12.3. The van der Waals surface area contributed by atoms with Gasteiger partial charge in [-0.25, -0.2) is 4.79 Å². The number of aliphatic hydroxyl groups is 1. The zero-order valence-electron chi connectivity index (χ0n) is 12.8. The van der Waals surface area contributed by atoms with Gasteiger partial charge in [0, 0.05) is 25.2 Å². The Labute approximate surface area is 130 Å². The first kappa shape index (κ1) is 14.9. The third kappa shape index (κ3) is 3.22. The van der Waals surface area contributed by atoms with E-state index in [1.54, 1.807) is 11.9 Å². The fraction of sp³-hybridized carbons (Fsp3) is 0.389. The van der Waals surface area contributed by atoms with Gasteiger partial charge in [-0.1, -0.05) is 36.8 Å². The van der Waals surface area contributed by atoms with E-state index >= 15 is 0 Å². The molecule has 0 spiro atoms. The van der Waals surface area contributed by atoms with Crippen molar-refractivity contribution in [2.45, 2.75) is 25.4 Å². The molecule has 0 saturated heterocycles. The largest absolute Gasteiger partial charge is 0.393 e. The predicted octanol–water partition coefficient (Wildman–Crippen LogP) is 3.46. The highest BCUT2D eigenvalue weighted by molar-refractivity contribution is 5.93. The second-order valence-electron chi connectivity index (χ2n) is 6.13. The van der Waals surface area contributed by atoms with Gasteiger partial charge in [-0.2, -0.15) is 0 Å². The lowest BCUT2D eigenvalue weighted by atomic mass is 10.1. The SMILES string of the molecule is CN(CC1CCCC1O)C(=O)Nc1ccc2ccccc2c1. The monoisotopic (exact) mass is 298 g/mol. The Balaban J connectivity index is 1.64. The topological polar surface area (TPSA) is 52.6 Å². The summed E-state index contributed by atoms with van der Waals surface area (Å²) in [6.07, 6.45) is 2.63. The van der Waals surface area contributed by atoms with E-state index in [4.69, 9.17) is 0 Å². The van der Waals surface area contributed by atoms with Crippen molar-refractivity contribution in [2.24, 2.45) is 5.92 Å². The first-order valence-electron chi connectivity index (χ1n) is 7.82. The Bertz CT molecular complexity index is 671. The quantitative estimate of drug-likeness (QED) is 0.911. The molecule has 0 radical (unpaired) electrons. The van der Waals surface area contributed by atoms with Gasteiger partial charge in [0.2, 0.25) is 0 Å². The standard InChI is InChI=1S/C18H22N2O2/c1-20(12-15-7-4-8-17(15)21)18(22)19-16-10-9-13-5-2-3-6-14(13)11-16/h2-3,5-6,9-11,15,17,21H,4,7-8,12H2,1H3,(H,19,22). The van der Waals surface area contributed by atoms with Gasteiger partial charge in [0.1, 0.15) is 0 Å². The van der Waals surface area contributed by atoms with E-state index in [2.05, 4.69) is 11.4 Å². The van der Waals surface area contributed by atoms with Gasteiger partial charge in [0.15, 0.2) is 0 Å². The average Bonchev–Trinajstić information content (AvgIpc) is 2.92. The molecule has 2 unspecified atom stereocenters. The maximum Gasteiger partial charge on any atom is 0.321 e. The molecule has 0 aromatic heterocycles. The molecule has 22 heavy (non-hydrogen) atoms. The summed E-state index contributed by atoms with van der Waals surface area (Å²) in [6.45, 7) is 0.598. The van der Waals surface area contributed by atoms with E-state index < -0.39 is 0 Å². The van der Waals surface area contributed by atoms with Crippen molar-refractivity contribution in [2.75, 3.05) is 18.9 Å². The van der Waals surface area contributed by atoms with Crippen molar-refractivity contribution < 1.29 is 9.90 Å². The van der Waals surface area contributed by atoms with Gasteiger partial charge in [-0.05, 0) is 35.7 Å². The lowest BCUT2D eigenvalue weighted by Gasteiger charge is -2.23. The van der Waals surface area contributed by atoms with Crippen molar-refractivity contribution in [3.05, 3.63) is 42.5 Å². The van der Waals surface area contributed by atoms with Crippen molar-refractivity contribution in [1.29, 1.82) is 0 Å². The fourth-order valence-corrected chi connectivity index (χ4v) is 3.15. The summed E-state index contributed by atoms with van der Waals surface area (Å²) in [6, 6.07) is 13.8. The number of hydrogen-bond donors (Lipinski definition) is 2. The molecule has 0 bridgehead atoms. The molecule has 2 amide bonds. The maximum absolute atomic E-state index is 12.3. The number of benzene rings is 2. The Kier molecular flexibility index (Phi) is 4.29. The van der Waals surface area contributed by atoms with Crippen molar-refractivity contribution in [3.8, 4) is 0 Å². The molecular weight excluding hydrogens is 276 g/mol. The highest BCUT2D eigenvalue weighted by Crippen LogP contribution is 2.26. The van der Waals surface area contributed by atoms with Crippen LogP contribution in [0.15, 0.2) is 42.5 Å². The van der Waals surface area contributed by atoms with Crippen LogP contribution in [0.4, 0.5) is 10.5 Å². The summed E-state index contributed by atoms with van der Waals surface area (Å²) < 4.78 is 0. The summed E-state index contributed by atoms with van der Waals surface area (Å²) in [5.41, 5.74) is 0.794.